The van der Waals surface area contributed by atoms with E-state index in [0.717, 1.165) is 6.34 Å². The van der Waals surface area contributed by atoms with Crippen molar-refractivity contribution in [3.05, 3.63) is 42.2 Å². The largest absolute Gasteiger partial charge is 0.471 e. The van der Waals surface area contributed by atoms with Crippen LogP contribution in [0.2, 0.25) is 0 Å². The molecule has 0 bridgehead atoms. The van der Waals surface area contributed by atoms with Crippen molar-refractivity contribution >= 4 is 22.3 Å². The van der Waals surface area contributed by atoms with E-state index < -0.39 is 22.1 Å². The van der Waals surface area contributed by atoms with Crippen LogP contribution in [0.15, 0.2) is 50.3 Å². The first kappa shape index (κ1) is 21.5. The van der Waals surface area contributed by atoms with Crippen molar-refractivity contribution in [2.24, 2.45) is 4.40 Å². The third-order valence-corrected chi connectivity index (χ3v) is 4.75. The summed E-state index contributed by atoms with van der Waals surface area (Å²) in [6.45, 7) is -0.307. The standard InChI is InChI=1S/C17H18F3N3O4S/c1-23(2)11-22-28(25,26)15-10-12(7-8-21-16(24)17(18,19)20)5-6-13(15)14-4-3-9-27-14/h3-6,9-11H,7-8H2,1-2H3,(H,21,24)/b22-11+. The molecule has 0 aliphatic rings. The lowest BCUT2D eigenvalue weighted by atomic mass is 10.1. The number of benzene rings is 1. The molecule has 0 aliphatic heterocycles. The summed E-state index contributed by atoms with van der Waals surface area (Å²) < 4.78 is 70.8. The second-order valence-electron chi connectivity index (χ2n) is 5.97. The van der Waals surface area contributed by atoms with Crippen molar-refractivity contribution < 1.29 is 30.8 Å². The molecule has 0 unspecified atom stereocenters. The number of nitrogens with one attached hydrogen (secondary N) is 1. The monoisotopic (exact) mass is 417 g/mol. The van der Waals surface area contributed by atoms with Crippen LogP contribution in [0.5, 0.6) is 0 Å². The predicted molar refractivity (Wildman–Crippen MR) is 96.3 cm³/mol. The highest BCUT2D eigenvalue weighted by molar-refractivity contribution is 7.90. The molecule has 2 aromatic rings. The second kappa shape index (κ2) is 8.46. The average molecular weight is 417 g/mol. The Kier molecular flexibility index (Phi) is 6.49. The van der Waals surface area contributed by atoms with E-state index in [1.54, 1.807) is 37.6 Å². The lowest BCUT2D eigenvalue weighted by molar-refractivity contribution is -0.173. The van der Waals surface area contributed by atoms with Crippen molar-refractivity contribution in [1.29, 1.82) is 0 Å². The smallest absolute Gasteiger partial charge is 0.464 e. The third-order valence-electron chi connectivity index (χ3n) is 3.48. The SMILES string of the molecule is CN(C)/C=N/S(=O)(=O)c1cc(CCNC(=O)C(F)(F)F)ccc1-c1ccco1. The fraction of sp³-hybridized carbons (Fsp3) is 0.294. The van der Waals surface area contributed by atoms with Gasteiger partial charge in [-0.3, -0.25) is 4.79 Å². The van der Waals surface area contributed by atoms with Gasteiger partial charge in [-0.15, -0.1) is 4.40 Å². The van der Waals surface area contributed by atoms with Crippen LogP contribution in [0, 0.1) is 0 Å². The minimum Gasteiger partial charge on any atom is -0.464 e. The lowest BCUT2D eigenvalue weighted by Gasteiger charge is -2.11. The number of furan rings is 1. The molecular weight excluding hydrogens is 399 g/mol. The Bertz CT molecular complexity index is 953. The fourth-order valence-corrected chi connectivity index (χ4v) is 3.38. The molecule has 7 nitrogen and oxygen atoms in total. The molecule has 152 valence electrons. The van der Waals surface area contributed by atoms with Gasteiger partial charge in [-0.25, -0.2) is 0 Å². The number of carbonyl (C=O) groups excluding carboxylic acids is 1. The zero-order valence-electron chi connectivity index (χ0n) is 15.0. The van der Waals surface area contributed by atoms with Gasteiger partial charge in [0.2, 0.25) is 0 Å². The van der Waals surface area contributed by atoms with Gasteiger partial charge in [0.25, 0.3) is 10.0 Å². The average Bonchev–Trinajstić information content (AvgIpc) is 3.13. The Balaban J connectivity index is 2.32. The molecule has 1 N–H and O–H groups in total. The molecule has 0 spiro atoms. The number of nitrogens with zero attached hydrogens (tertiary/aromatic N) is 2. The van der Waals surface area contributed by atoms with Gasteiger partial charge in [0.15, 0.2) is 0 Å². The van der Waals surface area contributed by atoms with E-state index >= 15 is 0 Å². The Hall–Kier alpha value is -2.82. The number of rotatable bonds is 7. The van der Waals surface area contributed by atoms with Crippen LogP contribution in [0.1, 0.15) is 5.56 Å². The molecule has 1 aromatic carbocycles. The zero-order chi connectivity index (χ0) is 20.9. The zero-order valence-corrected chi connectivity index (χ0v) is 15.8. The van der Waals surface area contributed by atoms with Gasteiger partial charge in [0, 0.05) is 26.2 Å². The molecule has 1 amide bonds. The minimum atomic E-state index is -4.97. The summed E-state index contributed by atoms with van der Waals surface area (Å²) in [4.78, 5) is 12.2. The van der Waals surface area contributed by atoms with Gasteiger partial charge in [-0.1, -0.05) is 6.07 Å². The van der Waals surface area contributed by atoms with Crippen LogP contribution in [-0.4, -0.2) is 52.4 Å². The highest BCUT2D eigenvalue weighted by Crippen LogP contribution is 2.30. The van der Waals surface area contributed by atoms with E-state index in [4.69, 9.17) is 4.42 Å². The summed E-state index contributed by atoms with van der Waals surface area (Å²) in [5, 5.41) is 1.74. The number of sulfonamides is 1. The molecule has 0 saturated heterocycles. The Morgan fingerprint density at radius 2 is 2.00 bits per heavy atom. The number of carbonyl (C=O) groups is 1. The molecule has 2 rings (SSSR count). The maximum absolute atomic E-state index is 12.6. The molecular formula is C17H18F3N3O4S. The summed E-state index contributed by atoms with van der Waals surface area (Å²) >= 11 is 0. The molecule has 11 heteroatoms. The van der Waals surface area contributed by atoms with E-state index in [-0.39, 0.29) is 23.4 Å². The molecule has 1 heterocycles. The van der Waals surface area contributed by atoms with Gasteiger partial charge in [-0.05, 0) is 36.2 Å². The first-order chi connectivity index (χ1) is 13.0. The first-order valence-corrected chi connectivity index (χ1v) is 9.43. The minimum absolute atomic E-state index is 0.000168. The summed E-state index contributed by atoms with van der Waals surface area (Å²) in [6, 6.07) is 7.51. The maximum Gasteiger partial charge on any atom is 0.471 e. The van der Waals surface area contributed by atoms with E-state index in [0.29, 0.717) is 11.3 Å². The van der Waals surface area contributed by atoms with Gasteiger partial charge in [0.05, 0.1) is 6.26 Å². The Labute approximate surface area is 159 Å². The summed E-state index contributed by atoms with van der Waals surface area (Å²) in [7, 11) is -0.892. The summed E-state index contributed by atoms with van der Waals surface area (Å²) in [6.07, 6.45) is -2.47. The van der Waals surface area contributed by atoms with E-state index in [2.05, 4.69) is 4.40 Å². The Morgan fingerprint density at radius 3 is 2.57 bits per heavy atom. The normalized spacial score (nSPS) is 12.3. The van der Waals surface area contributed by atoms with Gasteiger partial charge in [0.1, 0.15) is 17.0 Å². The Morgan fingerprint density at radius 1 is 1.29 bits per heavy atom. The fourth-order valence-electron chi connectivity index (χ4n) is 2.20. The second-order valence-corrected chi connectivity index (χ2v) is 7.57. The van der Waals surface area contributed by atoms with Crippen LogP contribution in [0.3, 0.4) is 0 Å². The summed E-state index contributed by atoms with van der Waals surface area (Å²) in [5.74, 6) is -1.75. The molecule has 0 aliphatic carbocycles. The van der Waals surface area contributed by atoms with Crippen LogP contribution in [-0.2, 0) is 21.2 Å². The topological polar surface area (TPSA) is 92.0 Å². The lowest BCUT2D eigenvalue weighted by Crippen LogP contribution is -2.37. The van der Waals surface area contributed by atoms with Crippen LogP contribution >= 0.6 is 0 Å². The highest BCUT2D eigenvalue weighted by Gasteiger charge is 2.38. The molecule has 1 aromatic heterocycles. The van der Waals surface area contributed by atoms with Crippen LogP contribution < -0.4 is 5.32 Å². The van der Waals surface area contributed by atoms with E-state index in [1.165, 1.54) is 23.3 Å². The molecule has 0 fully saturated rings. The number of alkyl halides is 3. The van der Waals surface area contributed by atoms with Gasteiger partial charge >= 0.3 is 12.1 Å². The third kappa shape index (κ3) is 5.59. The van der Waals surface area contributed by atoms with Crippen molar-refractivity contribution in [3.63, 3.8) is 0 Å². The van der Waals surface area contributed by atoms with Gasteiger partial charge < -0.3 is 14.6 Å². The van der Waals surface area contributed by atoms with Crippen LogP contribution in [0.25, 0.3) is 11.3 Å². The van der Waals surface area contributed by atoms with E-state index in [9.17, 15) is 26.4 Å². The number of halogens is 3. The maximum atomic E-state index is 12.6. The molecule has 0 saturated carbocycles. The quantitative estimate of drug-likeness (QED) is 0.552. The number of hydrogen-bond acceptors (Lipinski definition) is 4. The molecule has 0 atom stereocenters. The van der Waals surface area contributed by atoms with Crippen molar-refractivity contribution in [2.45, 2.75) is 17.5 Å². The first-order valence-electron chi connectivity index (χ1n) is 7.99. The van der Waals surface area contributed by atoms with Crippen molar-refractivity contribution in [2.75, 3.05) is 20.6 Å². The molecule has 0 radical (unpaired) electrons. The summed E-state index contributed by atoms with van der Waals surface area (Å²) in [5.41, 5.74) is 0.681. The van der Waals surface area contributed by atoms with E-state index in [1.807, 2.05) is 0 Å². The number of amides is 1. The van der Waals surface area contributed by atoms with Crippen molar-refractivity contribution in [3.8, 4) is 11.3 Å². The van der Waals surface area contributed by atoms with Crippen molar-refractivity contribution in [1.82, 2.24) is 10.2 Å². The highest BCUT2D eigenvalue weighted by atomic mass is 32.2. The molecule has 28 heavy (non-hydrogen) atoms. The number of hydrogen-bond donors (Lipinski definition) is 1. The predicted octanol–water partition coefficient (Wildman–Crippen LogP) is 2.45. The van der Waals surface area contributed by atoms with Gasteiger partial charge in [-0.2, -0.15) is 21.6 Å². The van der Waals surface area contributed by atoms with Crippen LogP contribution in [0.4, 0.5) is 13.2 Å².